The van der Waals surface area contributed by atoms with Gasteiger partial charge in [-0.3, -0.25) is 4.57 Å². The van der Waals surface area contributed by atoms with E-state index in [9.17, 15) is 4.57 Å². The zero-order chi connectivity index (χ0) is 20.5. The minimum Gasteiger partial charge on any atom is -0.340 e. The Morgan fingerprint density at radius 2 is 1.36 bits per heavy atom. The molecule has 0 spiro atoms. The predicted octanol–water partition coefficient (Wildman–Crippen LogP) is 6.82. The van der Waals surface area contributed by atoms with Crippen molar-refractivity contribution >= 4 is 12.9 Å². The molecular formula is C23H42NiO3P-. The van der Waals surface area contributed by atoms with Gasteiger partial charge in [-0.2, -0.15) is 5.92 Å². The number of aryl methyl sites for hydroxylation is 1. The summed E-state index contributed by atoms with van der Waals surface area (Å²) in [5.41, 5.74) is 1.16. The first-order valence-corrected chi connectivity index (χ1v) is 12.4. The van der Waals surface area contributed by atoms with Crippen molar-refractivity contribution in [1.29, 1.82) is 0 Å². The average molecular weight is 456 g/mol. The van der Waals surface area contributed by atoms with Crippen LogP contribution in [0.4, 0.5) is 0 Å². The minimum atomic E-state index is -4.09. The molecular weight excluding hydrogens is 414 g/mol. The molecule has 3 nitrogen and oxygen atoms in total. The Balaban J connectivity index is 0. The summed E-state index contributed by atoms with van der Waals surface area (Å²) in [6.07, 6.45) is 15.2. The smallest absolute Gasteiger partial charge is 0.340 e. The Morgan fingerprint density at radius 1 is 0.857 bits per heavy atom. The van der Waals surface area contributed by atoms with Crippen LogP contribution in [0, 0.1) is 12.8 Å². The van der Waals surface area contributed by atoms with Crippen LogP contribution in [0.25, 0.3) is 0 Å². The molecule has 0 heterocycles. The summed E-state index contributed by atoms with van der Waals surface area (Å²) < 4.78 is 11.0. The van der Waals surface area contributed by atoms with Crippen LogP contribution in [-0.4, -0.2) is 9.79 Å². The van der Waals surface area contributed by atoms with Crippen molar-refractivity contribution in [2.45, 2.75) is 97.8 Å². The van der Waals surface area contributed by atoms with Crippen LogP contribution >= 0.6 is 7.60 Å². The molecule has 5 heteroatoms. The summed E-state index contributed by atoms with van der Waals surface area (Å²) in [7, 11) is -4.09. The van der Waals surface area contributed by atoms with Gasteiger partial charge in [0.15, 0.2) is 0 Å². The SMILES string of the molecule is CCCCCCCCCc1ccc(P(=O)(O)O)cc1.[CH2-]C(CC)CCCC.[Ni]. The molecule has 168 valence electrons. The summed E-state index contributed by atoms with van der Waals surface area (Å²) in [6, 6.07) is 6.73. The molecule has 1 aromatic rings. The standard InChI is InChI=1S/C15H25O3P.C8H17.Ni/c1-2-3-4-5-6-7-8-9-14-10-12-15(13-11-14)19(16,17)18;1-4-6-7-8(3)5-2;/h10-13H,2-9H2,1H3,(H2,16,17,18);8H,3-7H2,1-2H3;/q;-1;. The predicted molar refractivity (Wildman–Crippen MR) is 118 cm³/mol. The molecule has 0 aliphatic rings. The average Bonchev–Trinajstić information content (AvgIpc) is 2.65. The third kappa shape index (κ3) is 16.8. The van der Waals surface area contributed by atoms with Crippen molar-refractivity contribution in [2.75, 3.05) is 0 Å². The van der Waals surface area contributed by atoms with E-state index < -0.39 is 7.60 Å². The summed E-state index contributed by atoms with van der Waals surface area (Å²) in [4.78, 5) is 18.0. The Hall–Kier alpha value is -0.136. The summed E-state index contributed by atoms with van der Waals surface area (Å²) in [6.45, 7) is 10.6. The number of rotatable bonds is 13. The van der Waals surface area contributed by atoms with Crippen molar-refractivity contribution in [2.24, 2.45) is 5.92 Å². The van der Waals surface area contributed by atoms with E-state index in [1.165, 1.54) is 76.3 Å². The van der Waals surface area contributed by atoms with E-state index in [4.69, 9.17) is 9.79 Å². The fourth-order valence-electron chi connectivity index (χ4n) is 2.84. The fraction of sp³-hybridized carbons (Fsp3) is 0.696. The van der Waals surface area contributed by atoms with Gasteiger partial charge >= 0.3 is 7.60 Å². The van der Waals surface area contributed by atoms with Crippen LogP contribution in [-0.2, 0) is 27.5 Å². The van der Waals surface area contributed by atoms with E-state index in [1.807, 2.05) is 12.1 Å². The van der Waals surface area contributed by atoms with Crippen molar-refractivity contribution < 1.29 is 30.8 Å². The second kappa shape index (κ2) is 18.9. The molecule has 0 amide bonds. The van der Waals surface area contributed by atoms with Crippen molar-refractivity contribution in [1.82, 2.24) is 0 Å². The summed E-state index contributed by atoms with van der Waals surface area (Å²) in [5.74, 6) is 0.704. The molecule has 0 radical (unpaired) electrons. The number of hydrogen-bond acceptors (Lipinski definition) is 1. The number of benzene rings is 1. The quantitative estimate of drug-likeness (QED) is 0.148. The molecule has 0 aliphatic carbocycles. The second-order valence-corrected chi connectivity index (χ2v) is 9.10. The Bertz CT molecular complexity index is 499. The van der Waals surface area contributed by atoms with Crippen molar-refractivity contribution in [3.8, 4) is 0 Å². The van der Waals surface area contributed by atoms with Crippen LogP contribution < -0.4 is 5.30 Å². The van der Waals surface area contributed by atoms with Gasteiger partial charge in [0.1, 0.15) is 0 Å². The maximum Gasteiger partial charge on any atom is 0.356 e. The molecule has 0 bridgehead atoms. The molecule has 28 heavy (non-hydrogen) atoms. The van der Waals surface area contributed by atoms with Crippen molar-refractivity contribution in [3.63, 3.8) is 0 Å². The van der Waals surface area contributed by atoms with Gasteiger partial charge in [0.25, 0.3) is 0 Å². The zero-order valence-corrected chi connectivity index (χ0v) is 20.0. The topological polar surface area (TPSA) is 57.5 Å². The van der Waals surface area contributed by atoms with E-state index in [-0.39, 0.29) is 21.8 Å². The molecule has 1 aromatic carbocycles. The van der Waals surface area contributed by atoms with Crippen molar-refractivity contribution in [3.05, 3.63) is 36.8 Å². The van der Waals surface area contributed by atoms with Gasteiger partial charge in [-0.15, -0.1) is 0 Å². The Labute approximate surface area is 184 Å². The molecule has 0 fully saturated rings. The fourth-order valence-corrected chi connectivity index (χ4v) is 3.38. The van der Waals surface area contributed by atoms with Gasteiger partial charge in [-0.1, -0.05) is 97.1 Å². The Kier molecular flexibility index (Phi) is 20.3. The van der Waals surface area contributed by atoms with Crippen LogP contribution in [0.2, 0.25) is 0 Å². The third-order valence-corrected chi connectivity index (χ3v) is 5.86. The van der Waals surface area contributed by atoms with Crippen LogP contribution in [0.15, 0.2) is 24.3 Å². The largest absolute Gasteiger partial charge is 0.356 e. The first kappa shape index (κ1) is 30.1. The molecule has 0 saturated heterocycles. The van der Waals surface area contributed by atoms with E-state index in [1.54, 1.807) is 0 Å². The molecule has 2 N–H and O–H groups in total. The van der Waals surface area contributed by atoms with Gasteiger partial charge in [-0.05, 0) is 30.5 Å². The van der Waals surface area contributed by atoms with Gasteiger partial charge in [0.05, 0.1) is 5.30 Å². The van der Waals surface area contributed by atoms with Gasteiger partial charge in [-0.25, -0.2) is 0 Å². The number of hydrogen-bond donors (Lipinski definition) is 2. The second-order valence-electron chi connectivity index (χ2n) is 7.50. The minimum absolute atomic E-state index is 0. The van der Waals surface area contributed by atoms with Gasteiger partial charge in [0.2, 0.25) is 0 Å². The van der Waals surface area contributed by atoms with Crippen LogP contribution in [0.3, 0.4) is 0 Å². The van der Waals surface area contributed by atoms with Crippen LogP contribution in [0.5, 0.6) is 0 Å². The van der Waals surface area contributed by atoms with Gasteiger partial charge in [0, 0.05) is 16.5 Å². The molecule has 0 aliphatic heterocycles. The van der Waals surface area contributed by atoms with Crippen LogP contribution in [0.1, 0.15) is 97.0 Å². The normalized spacial score (nSPS) is 11.9. The zero-order valence-electron chi connectivity index (χ0n) is 18.1. The van der Waals surface area contributed by atoms with E-state index in [0.29, 0.717) is 5.92 Å². The molecule has 1 unspecified atom stereocenters. The summed E-state index contributed by atoms with van der Waals surface area (Å²) >= 11 is 0. The molecule has 1 atom stereocenters. The molecule has 0 saturated carbocycles. The van der Waals surface area contributed by atoms with E-state index >= 15 is 0 Å². The monoisotopic (exact) mass is 455 g/mol. The van der Waals surface area contributed by atoms with E-state index in [2.05, 4.69) is 27.7 Å². The third-order valence-electron chi connectivity index (χ3n) is 4.88. The van der Waals surface area contributed by atoms with E-state index in [0.717, 1.165) is 18.4 Å². The van der Waals surface area contributed by atoms with Gasteiger partial charge < -0.3 is 16.7 Å². The first-order valence-electron chi connectivity index (χ1n) is 10.8. The first-order chi connectivity index (χ1) is 12.8. The molecule has 1 rings (SSSR count). The maximum absolute atomic E-state index is 11.0. The maximum atomic E-state index is 11.0. The Morgan fingerprint density at radius 3 is 1.82 bits per heavy atom. The number of unbranched alkanes of at least 4 members (excludes halogenated alkanes) is 7. The molecule has 0 aromatic heterocycles. The summed E-state index contributed by atoms with van der Waals surface area (Å²) in [5, 5.41) is 0.107.